The number of aromatic nitrogens is 1. The van der Waals surface area contributed by atoms with Crippen molar-refractivity contribution in [3.05, 3.63) is 188 Å². The average Bonchev–Trinajstić information content (AvgIpc) is 3.74. The highest BCUT2D eigenvalue weighted by molar-refractivity contribution is 6.11. The number of para-hydroxylation sites is 3. The van der Waals surface area contributed by atoms with Gasteiger partial charge in [-0.25, -0.2) is 0 Å². The highest BCUT2D eigenvalue weighted by Gasteiger charge is 2.16. The van der Waals surface area contributed by atoms with Crippen molar-refractivity contribution in [3.63, 3.8) is 0 Å². The summed E-state index contributed by atoms with van der Waals surface area (Å²) in [6.45, 7) is 0. The van der Waals surface area contributed by atoms with Gasteiger partial charge < -0.3 is 8.98 Å². The van der Waals surface area contributed by atoms with E-state index in [2.05, 4.69) is 193 Å². The van der Waals surface area contributed by atoms with Gasteiger partial charge >= 0.3 is 0 Å². The lowest BCUT2D eigenvalue weighted by atomic mass is 9.96. The highest BCUT2D eigenvalue weighted by atomic mass is 16.3. The van der Waals surface area contributed by atoms with Gasteiger partial charge in [-0.2, -0.15) is 0 Å². The molecular formula is C48H31NO. The van der Waals surface area contributed by atoms with Crippen LogP contribution in [0.2, 0.25) is 0 Å². The quantitative estimate of drug-likeness (QED) is 0.184. The van der Waals surface area contributed by atoms with Crippen LogP contribution in [0.4, 0.5) is 0 Å². The first-order valence-electron chi connectivity index (χ1n) is 17.1. The molecule has 10 aromatic rings. The Hall–Kier alpha value is -6.64. The molecule has 0 N–H and O–H groups in total. The number of rotatable bonds is 5. The zero-order chi connectivity index (χ0) is 33.0. The summed E-state index contributed by atoms with van der Waals surface area (Å²) in [5.74, 6) is 0. The average molecular weight is 638 g/mol. The normalized spacial score (nSPS) is 11.6. The van der Waals surface area contributed by atoms with Crippen LogP contribution < -0.4 is 0 Å². The van der Waals surface area contributed by atoms with Gasteiger partial charge in [-0.1, -0.05) is 146 Å². The molecule has 0 unspecified atom stereocenters. The van der Waals surface area contributed by atoms with E-state index >= 15 is 0 Å². The van der Waals surface area contributed by atoms with Crippen molar-refractivity contribution < 1.29 is 4.42 Å². The fraction of sp³-hybridized carbons (Fsp3) is 0. The summed E-state index contributed by atoms with van der Waals surface area (Å²) < 4.78 is 9.00. The van der Waals surface area contributed by atoms with Crippen molar-refractivity contribution in [3.8, 4) is 50.2 Å². The Morgan fingerprint density at radius 2 is 0.840 bits per heavy atom. The summed E-state index contributed by atoms with van der Waals surface area (Å²) in [5, 5.41) is 4.76. The zero-order valence-electron chi connectivity index (χ0n) is 27.3. The molecule has 0 aliphatic heterocycles. The lowest BCUT2D eigenvalue weighted by Gasteiger charge is -2.10. The molecule has 0 spiro atoms. The first-order valence-corrected chi connectivity index (χ1v) is 17.1. The predicted octanol–water partition coefficient (Wildman–Crippen LogP) is 13.4. The molecule has 8 aromatic carbocycles. The molecule has 0 bridgehead atoms. The molecule has 0 saturated heterocycles. The molecule has 0 atom stereocenters. The molecule has 10 rings (SSSR count). The summed E-state index contributed by atoms with van der Waals surface area (Å²) in [7, 11) is 0. The Labute approximate surface area is 290 Å². The van der Waals surface area contributed by atoms with Crippen LogP contribution in [0.5, 0.6) is 0 Å². The maximum Gasteiger partial charge on any atom is 0.143 e. The molecular weight excluding hydrogens is 607 g/mol. The number of benzene rings is 8. The van der Waals surface area contributed by atoms with Crippen molar-refractivity contribution in [1.29, 1.82) is 0 Å². The number of nitrogens with zero attached hydrogens (tertiary/aromatic N) is 1. The number of furan rings is 1. The standard InChI is InChI=1S/C48H31NO/c1-2-11-32(12-3-1)33-23-25-34(26-24-33)35-13-8-14-36(29-35)37-27-28-47-44(31-37)43-20-10-19-40(48(43)50-47)38-15-9-16-39(30-38)49-45-21-6-4-17-41(45)42-18-5-7-22-46(42)49/h1-31H. The van der Waals surface area contributed by atoms with Crippen molar-refractivity contribution in [2.75, 3.05) is 0 Å². The highest BCUT2D eigenvalue weighted by Crippen LogP contribution is 2.39. The van der Waals surface area contributed by atoms with Crippen molar-refractivity contribution in [2.45, 2.75) is 0 Å². The first-order chi connectivity index (χ1) is 24.8. The lowest BCUT2D eigenvalue weighted by molar-refractivity contribution is 0.670. The van der Waals surface area contributed by atoms with Gasteiger partial charge in [-0.15, -0.1) is 0 Å². The minimum Gasteiger partial charge on any atom is -0.455 e. The number of hydrogen-bond acceptors (Lipinski definition) is 1. The summed E-state index contributed by atoms with van der Waals surface area (Å²) in [6, 6.07) is 67.3. The Bertz CT molecular complexity index is 2800. The second-order valence-electron chi connectivity index (χ2n) is 12.9. The van der Waals surface area contributed by atoms with Crippen molar-refractivity contribution in [2.24, 2.45) is 0 Å². The zero-order valence-corrected chi connectivity index (χ0v) is 27.3. The minimum atomic E-state index is 0.891. The summed E-state index contributed by atoms with van der Waals surface area (Å²) >= 11 is 0. The SMILES string of the molecule is c1ccc(-c2ccc(-c3cccc(-c4ccc5oc6c(-c7cccc(-n8c9ccccc9c9ccccc98)c7)cccc6c5c4)c3)cc2)cc1. The van der Waals surface area contributed by atoms with Crippen LogP contribution in [0.25, 0.3) is 93.9 Å². The van der Waals surface area contributed by atoms with E-state index < -0.39 is 0 Å². The molecule has 0 aliphatic rings. The van der Waals surface area contributed by atoms with E-state index in [0.717, 1.165) is 38.8 Å². The van der Waals surface area contributed by atoms with Crippen LogP contribution in [0, 0.1) is 0 Å². The van der Waals surface area contributed by atoms with E-state index in [9.17, 15) is 0 Å². The van der Waals surface area contributed by atoms with Crippen LogP contribution >= 0.6 is 0 Å². The largest absolute Gasteiger partial charge is 0.455 e. The molecule has 0 aliphatic carbocycles. The van der Waals surface area contributed by atoms with Crippen LogP contribution in [0.15, 0.2) is 192 Å². The maximum absolute atomic E-state index is 6.63. The predicted molar refractivity (Wildman–Crippen MR) is 210 cm³/mol. The molecule has 0 saturated carbocycles. The third kappa shape index (κ3) is 4.65. The van der Waals surface area contributed by atoms with E-state index in [4.69, 9.17) is 4.42 Å². The van der Waals surface area contributed by atoms with Gasteiger partial charge in [0.1, 0.15) is 11.2 Å². The second kappa shape index (κ2) is 11.5. The molecule has 2 heterocycles. The topological polar surface area (TPSA) is 18.1 Å². The van der Waals surface area contributed by atoms with Crippen LogP contribution in [0.1, 0.15) is 0 Å². The first kappa shape index (κ1) is 28.4. The van der Waals surface area contributed by atoms with Gasteiger partial charge in [0.2, 0.25) is 0 Å². The van der Waals surface area contributed by atoms with Gasteiger partial charge in [-0.05, 0) is 81.4 Å². The third-order valence-corrected chi connectivity index (χ3v) is 10.0. The molecule has 0 radical (unpaired) electrons. The molecule has 2 nitrogen and oxygen atoms in total. The molecule has 2 aromatic heterocycles. The maximum atomic E-state index is 6.63. The smallest absolute Gasteiger partial charge is 0.143 e. The Morgan fingerprint density at radius 1 is 0.320 bits per heavy atom. The third-order valence-electron chi connectivity index (χ3n) is 10.0. The van der Waals surface area contributed by atoms with Gasteiger partial charge in [0.25, 0.3) is 0 Å². The van der Waals surface area contributed by atoms with Gasteiger partial charge in [0.05, 0.1) is 11.0 Å². The summed E-state index contributed by atoms with van der Waals surface area (Å²) in [6.07, 6.45) is 0. The fourth-order valence-electron chi connectivity index (χ4n) is 7.58. The molecule has 234 valence electrons. The van der Waals surface area contributed by atoms with E-state index in [1.165, 1.54) is 55.2 Å². The molecule has 2 heteroatoms. The second-order valence-corrected chi connectivity index (χ2v) is 12.9. The van der Waals surface area contributed by atoms with E-state index in [-0.39, 0.29) is 0 Å². The Balaban J connectivity index is 1.03. The number of hydrogen-bond donors (Lipinski definition) is 0. The monoisotopic (exact) mass is 637 g/mol. The molecule has 50 heavy (non-hydrogen) atoms. The lowest BCUT2D eigenvalue weighted by Crippen LogP contribution is -1.94. The van der Waals surface area contributed by atoms with Crippen molar-refractivity contribution >= 4 is 43.7 Å². The van der Waals surface area contributed by atoms with E-state index in [1.807, 2.05) is 0 Å². The van der Waals surface area contributed by atoms with Gasteiger partial charge in [0, 0.05) is 32.8 Å². The van der Waals surface area contributed by atoms with Crippen LogP contribution in [-0.2, 0) is 0 Å². The number of fused-ring (bicyclic) bond motifs is 6. The van der Waals surface area contributed by atoms with Crippen molar-refractivity contribution in [1.82, 2.24) is 4.57 Å². The Morgan fingerprint density at radius 3 is 1.60 bits per heavy atom. The van der Waals surface area contributed by atoms with Gasteiger partial charge in [-0.3, -0.25) is 0 Å². The summed E-state index contributed by atoms with van der Waals surface area (Å²) in [5.41, 5.74) is 14.7. The van der Waals surface area contributed by atoms with Crippen LogP contribution in [0.3, 0.4) is 0 Å². The Kier molecular flexibility index (Phi) is 6.53. The fourth-order valence-corrected chi connectivity index (χ4v) is 7.58. The molecule has 0 fully saturated rings. The van der Waals surface area contributed by atoms with E-state index in [0.29, 0.717) is 0 Å². The van der Waals surface area contributed by atoms with Gasteiger partial charge in [0.15, 0.2) is 0 Å². The minimum absolute atomic E-state index is 0.891. The summed E-state index contributed by atoms with van der Waals surface area (Å²) in [4.78, 5) is 0. The molecule has 0 amide bonds. The van der Waals surface area contributed by atoms with E-state index in [1.54, 1.807) is 0 Å². The van der Waals surface area contributed by atoms with Crippen LogP contribution in [-0.4, -0.2) is 4.57 Å².